The van der Waals surface area contributed by atoms with E-state index in [0.717, 1.165) is 12.1 Å². The lowest BCUT2D eigenvalue weighted by Crippen LogP contribution is -2.27. The third kappa shape index (κ3) is 8.25. The van der Waals surface area contributed by atoms with Crippen LogP contribution in [0.1, 0.15) is 51.9 Å². The Morgan fingerprint density at radius 3 is 1.94 bits per heavy atom. The smallest absolute Gasteiger partial charge is 0.412 e. The Bertz CT molecular complexity index is 1010. The molecule has 0 atom stereocenters. The van der Waals surface area contributed by atoms with Crippen molar-refractivity contribution in [2.75, 3.05) is 16.0 Å². The van der Waals surface area contributed by atoms with Crippen LogP contribution in [0.5, 0.6) is 0 Å². The van der Waals surface area contributed by atoms with E-state index in [2.05, 4.69) is 16.0 Å². The van der Waals surface area contributed by atoms with Gasteiger partial charge in [0.2, 0.25) is 0 Å². The minimum absolute atomic E-state index is 0.0476. The second kappa shape index (κ2) is 9.67. The summed E-state index contributed by atoms with van der Waals surface area (Å²) < 4.78 is 24.2. The lowest BCUT2D eigenvalue weighted by molar-refractivity contribution is 0.0624. The number of halogens is 1. The molecule has 2 aromatic carbocycles. The molecule has 0 radical (unpaired) electrons. The van der Waals surface area contributed by atoms with Crippen LogP contribution in [-0.2, 0) is 9.47 Å². The number of hydrogen-bond acceptors (Lipinski definition) is 5. The van der Waals surface area contributed by atoms with Crippen molar-refractivity contribution in [2.24, 2.45) is 0 Å². The fourth-order valence-electron chi connectivity index (χ4n) is 2.50. The number of amides is 3. The zero-order valence-corrected chi connectivity index (χ0v) is 19.0. The van der Waals surface area contributed by atoms with Gasteiger partial charge in [-0.25, -0.2) is 14.0 Å². The first-order valence-corrected chi connectivity index (χ1v) is 9.93. The Kier molecular flexibility index (Phi) is 7.45. The first-order chi connectivity index (χ1) is 14.7. The topological polar surface area (TPSA) is 106 Å². The van der Waals surface area contributed by atoms with E-state index in [1.54, 1.807) is 53.7 Å². The minimum atomic E-state index is -0.747. The van der Waals surface area contributed by atoms with Gasteiger partial charge >= 0.3 is 12.2 Å². The van der Waals surface area contributed by atoms with E-state index in [-0.39, 0.29) is 16.9 Å². The number of anilines is 3. The van der Waals surface area contributed by atoms with Crippen LogP contribution in [-0.4, -0.2) is 29.3 Å². The van der Waals surface area contributed by atoms with Crippen LogP contribution in [0.2, 0.25) is 0 Å². The van der Waals surface area contributed by atoms with E-state index in [1.807, 2.05) is 0 Å². The molecular weight excluding hydrogens is 417 g/mol. The average molecular weight is 445 g/mol. The predicted molar refractivity (Wildman–Crippen MR) is 121 cm³/mol. The van der Waals surface area contributed by atoms with Gasteiger partial charge in [0, 0.05) is 11.3 Å². The molecule has 0 aromatic heterocycles. The molecule has 3 amide bonds. The SMILES string of the molecule is CC(C)(C)OC(=O)Nc1cccc(C(=O)Nc2cc(F)ccc2NC(=O)OC(C)(C)C)c1. The van der Waals surface area contributed by atoms with Crippen molar-refractivity contribution in [3.63, 3.8) is 0 Å². The van der Waals surface area contributed by atoms with Gasteiger partial charge < -0.3 is 14.8 Å². The summed E-state index contributed by atoms with van der Waals surface area (Å²) in [6, 6.07) is 9.68. The lowest BCUT2D eigenvalue weighted by atomic mass is 10.1. The van der Waals surface area contributed by atoms with Gasteiger partial charge in [0.15, 0.2) is 0 Å². The summed E-state index contributed by atoms with van der Waals surface area (Å²) in [6.45, 7) is 10.3. The third-order valence-corrected chi connectivity index (χ3v) is 3.64. The Hall–Kier alpha value is -3.62. The molecule has 0 saturated heterocycles. The van der Waals surface area contributed by atoms with Crippen LogP contribution in [0.15, 0.2) is 42.5 Å². The maximum absolute atomic E-state index is 13.8. The van der Waals surface area contributed by atoms with Crippen molar-refractivity contribution in [1.29, 1.82) is 0 Å². The number of carbonyl (C=O) groups excluding carboxylic acids is 3. The van der Waals surface area contributed by atoms with Crippen LogP contribution in [0.3, 0.4) is 0 Å². The van der Waals surface area contributed by atoms with Crippen LogP contribution >= 0.6 is 0 Å². The molecule has 3 N–H and O–H groups in total. The van der Waals surface area contributed by atoms with Gasteiger partial charge in [-0.15, -0.1) is 0 Å². The number of nitrogens with one attached hydrogen (secondary N) is 3. The molecule has 0 bridgehead atoms. The van der Waals surface area contributed by atoms with Crippen LogP contribution in [0, 0.1) is 5.82 Å². The normalized spacial score (nSPS) is 11.3. The summed E-state index contributed by atoms with van der Waals surface area (Å²) >= 11 is 0. The molecule has 0 heterocycles. The first kappa shape index (κ1) is 24.6. The zero-order chi connectivity index (χ0) is 24.1. The van der Waals surface area contributed by atoms with Gasteiger partial charge in [-0.1, -0.05) is 6.07 Å². The summed E-state index contributed by atoms with van der Waals surface area (Å²) in [5.74, 6) is -1.17. The van der Waals surface area contributed by atoms with E-state index in [9.17, 15) is 18.8 Å². The number of rotatable bonds is 4. The van der Waals surface area contributed by atoms with Crippen LogP contribution < -0.4 is 16.0 Å². The van der Waals surface area contributed by atoms with E-state index < -0.39 is 35.1 Å². The van der Waals surface area contributed by atoms with E-state index in [0.29, 0.717) is 5.69 Å². The minimum Gasteiger partial charge on any atom is -0.444 e. The number of ether oxygens (including phenoxy) is 2. The Morgan fingerprint density at radius 1 is 0.750 bits per heavy atom. The Balaban J connectivity index is 2.16. The maximum atomic E-state index is 13.8. The Morgan fingerprint density at radius 2 is 1.34 bits per heavy atom. The summed E-state index contributed by atoms with van der Waals surface area (Å²) in [7, 11) is 0. The lowest BCUT2D eigenvalue weighted by Gasteiger charge is -2.20. The highest BCUT2D eigenvalue weighted by Gasteiger charge is 2.19. The molecular formula is C23H28FN3O5. The van der Waals surface area contributed by atoms with Gasteiger partial charge in [0.25, 0.3) is 5.91 Å². The number of hydrogen-bond donors (Lipinski definition) is 3. The van der Waals surface area contributed by atoms with Gasteiger partial charge in [-0.05, 0) is 77.9 Å². The third-order valence-electron chi connectivity index (χ3n) is 3.64. The largest absolute Gasteiger partial charge is 0.444 e. The average Bonchev–Trinajstić information content (AvgIpc) is 2.61. The molecule has 8 nitrogen and oxygen atoms in total. The standard InChI is InChI=1S/C23H28FN3O5/c1-22(2,3)31-20(29)25-16-9-7-8-14(12-16)19(28)26-18-13-15(24)10-11-17(18)27-21(30)32-23(4,5)6/h7-13H,1-6H3,(H,25,29)(H,26,28)(H,27,30). The van der Waals surface area contributed by atoms with E-state index in [1.165, 1.54) is 18.2 Å². The van der Waals surface area contributed by atoms with E-state index in [4.69, 9.17) is 9.47 Å². The first-order valence-electron chi connectivity index (χ1n) is 9.93. The van der Waals surface area contributed by atoms with Gasteiger partial charge in [0.05, 0.1) is 11.4 Å². The van der Waals surface area contributed by atoms with E-state index >= 15 is 0 Å². The number of carbonyl (C=O) groups is 3. The van der Waals surface area contributed by atoms with Crippen LogP contribution in [0.25, 0.3) is 0 Å². The van der Waals surface area contributed by atoms with Crippen LogP contribution in [0.4, 0.5) is 31.0 Å². The van der Waals surface area contributed by atoms with Crippen molar-refractivity contribution in [3.05, 3.63) is 53.8 Å². The summed E-state index contributed by atoms with van der Waals surface area (Å²) in [6.07, 6.45) is -1.41. The molecule has 0 unspecified atom stereocenters. The predicted octanol–water partition coefficient (Wildman–Crippen LogP) is 5.77. The fraction of sp³-hybridized carbons (Fsp3) is 0.348. The molecule has 0 aliphatic rings. The highest BCUT2D eigenvalue weighted by Crippen LogP contribution is 2.25. The summed E-state index contributed by atoms with van der Waals surface area (Å²) in [5, 5.41) is 7.61. The van der Waals surface area contributed by atoms with Crippen molar-refractivity contribution in [2.45, 2.75) is 52.7 Å². The quantitative estimate of drug-likeness (QED) is 0.554. The molecule has 32 heavy (non-hydrogen) atoms. The van der Waals surface area contributed by atoms with Crippen molar-refractivity contribution < 1.29 is 28.2 Å². The second-order valence-electron chi connectivity index (χ2n) is 8.98. The molecule has 0 saturated carbocycles. The highest BCUT2D eigenvalue weighted by atomic mass is 19.1. The van der Waals surface area contributed by atoms with Crippen molar-refractivity contribution in [1.82, 2.24) is 0 Å². The zero-order valence-electron chi connectivity index (χ0n) is 19.0. The van der Waals surface area contributed by atoms with Crippen molar-refractivity contribution >= 4 is 35.2 Å². The second-order valence-corrected chi connectivity index (χ2v) is 8.98. The van der Waals surface area contributed by atoms with Gasteiger partial charge in [-0.3, -0.25) is 15.4 Å². The maximum Gasteiger partial charge on any atom is 0.412 e. The molecule has 172 valence electrons. The monoisotopic (exact) mass is 445 g/mol. The van der Waals surface area contributed by atoms with Gasteiger partial charge in [0.1, 0.15) is 17.0 Å². The molecule has 0 fully saturated rings. The van der Waals surface area contributed by atoms with Gasteiger partial charge in [-0.2, -0.15) is 0 Å². The molecule has 2 aromatic rings. The number of benzene rings is 2. The fourth-order valence-corrected chi connectivity index (χ4v) is 2.50. The molecule has 9 heteroatoms. The Labute approximate surface area is 186 Å². The summed E-state index contributed by atoms with van der Waals surface area (Å²) in [5.41, 5.74) is -0.643. The van der Waals surface area contributed by atoms with Crippen molar-refractivity contribution in [3.8, 4) is 0 Å². The molecule has 0 spiro atoms. The molecule has 0 aliphatic carbocycles. The molecule has 0 aliphatic heterocycles. The summed E-state index contributed by atoms with van der Waals surface area (Å²) in [4.78, 5) is 36.8. The molecule has 2 rings (SSSR count). The highest BCUT2D eigenvalue weighted by molar-refractivity contribution is 6.07.